The fourth-order valence-corrected chi connectivity index (χ4v) is 3.98. The van der Waals surface area contributed by atoms with Crippen molar-refractivity contribution in [2.45, 2.75) is 32.6 Å². The molecule has 1 aliphatic rings. The molecule has 1 aromatic carbocycles. The molecule has 4 rings (SSSR count). The van der Waals surface area contributed by atoms with E-state index in [0.717, 1.165) is 48.6 Å². The quantitative estimate of drug-likeness (QED) is 0.723. The number of H-pyrrole nitrogens is 1. The summed E-state index contributed by atoms with van der Waals surface area (Å²) in [5.41, 5.74) is 4.83. The van der Waals surface area contributed by atoms with Gasteiger partial charge in [-0.3, -0.25) is 0 Å². The van der Waals surface area contributed by atoms with Crippen LogP contribution in [0.2, 0.25) is 0 Å². The highest BCUT2D eigenvalue weighted by atomic mass is 19.1. The molecule has 3 heterocycles. The molecular weight excluding hydrogens is 367 g/mol. The normalized spacial score (nSPS) is 15.0. The minimum Gasteiger partial charge on any atom is -0.356 e. The third-order valence-corrected chi connectivity index (χ3v) is 5.67. The van der Waals surface area contributed by atoms with E-state index >= 15 is 0 Å². The third-order valence-electron chi connectivity index (χ3n) is 5.67. The Morgan fingerprint density at radius 3 is 2.52 bits per heavy atom. The minimum atomic E-state index is -0.198. The van der Waals surface area contributed by atoms with Gasteiger partial charge in [-0.25, -0.2) is 14.4 Å². The monoisotopic (exact) mass is 394 g/mol. The Morgan fingerprint density at radius 2 is 1.90 bits per heavy atom. The van der Waals surface area contributed by atoms with Crippen LogP contribution >= 0.6 is 0 Å². The molecule has 0 radical (unpaired) electrons. The molecule has 7 heteroatoms. The first-order chi connectivity index (χ1) is 13.9. The van der Waals surface area contributed by atoms with E-state index in [9.17, 15) is 4.39 Å². The number of benzene rings is 1. The highest BCUT2D eigenvalue weighted by molar-refractivity contribution is 5.76. The lowest BCUT2D eigenvalue weighted by atomic mass is 9.92. The third kappa shape index (κ3) is 3.81. The second kappa shape index (κ2) is 7.81. The Balaban J connectivity index is 1.65. The van der Waals surface area contributed by atoms with Crippen molar-refractivity contribution in [2.75, 3.05) is 37.0 Å². The molecular formula is C22H27FN6. The fraction of sp³-hybridized carbons (Fsp3) is 0.409. The van der Waals surface area contributed by atoms with E-state index in [1.165, 1.54) is 11.8 Å². The number of halogens is 1. The summed E-state index contributed by atoms with van der Waals surface area (Å²) in [6.45, 7) is 5.66. The Bertz CT molecular complexity index is 1000. The lowest BCUT2D eigenvalue weighted by Gasteiger charge is -2.34. The number of hydrogen-bond donors (Lipinski definition) is 1. The van der Waals surface area contributed by atoms with Crippen LogP contribution in [-0.2, 0) is 0 Å². The van der Waals surface area contributed by atoms with Crippen LogP contribution in [0.5, 0.6) is 0 Å². The molecule has 2 aromatic heterocycles. The van der Waals surface area contributed by atoms with Gasteiger partial charge < -0.3 is 14.8 Å². The number of nitrogens with one attached hydrogen (secondary N) is 1. The predicted octanol–water partition coefficient (Wildman–Crippen LogP) is 4.07. The molecule has 0 atom stereocenters. The molecule has 0 unspecified atom stereocenters. The van der Waals surface area contributed by atoms with Gasteiger partial charge in [-0.2, -0.15) is 4.98 Å². The highest BCUT2D eigenvalue weighted by Crippen LogP contribution is 2.35. The number of imidazole rings is 1. The summed E-state index contributed by atoms with van der Waals surface area (Å²) in [6.07, 6.45) is 5.68. The molecule has 1 aliphatic heterocycles. The van der Waals surface area contributed by atoms with Gasteiger partial charge in [0.15, 0.2) is 0 Å². The van der Waals surface area contributed by atoms with Crippen LogP contribution < -0.4 is 9.80 Å². The molecule has 29 heavy (non-hydrogen) atoms. The molecule has 0 spiro atoms. The maximum atomic E-state index is 13.8. The van der Waals surface area contributed by atoms with Crippen LogP contribution in [0.3, 0.4) is 0 Å². The van der Waals surface area contributed by atoms with Crippen molar-refractivity contribution in [2.24, 2.45) is 0 Å². The summed E-state index contributed by atoms with van der Waals surface area (Å²) in [5, 5.41) is 0. The molecule has 0 aliphatic carbocycles. The molecule has 0 saturated carbocycles. The molecule has 6 nitrogen and oxygen atoms in total. The second-order valence-electron chi connectivity index (χ2n) is 7.94. The second-order valence-corrected chi connectivity index (χ2v) is 7.94. The standard InChI is InChI=1S/C22H27FN6/c1-14-11-17(5-6-19(14)23)18-12-24-22(28(3)4)27-21(18)29-9-7-16(8-10-29)20-15(2)25-13-26-20/h5-6,11-13,16H,7-10H2,1-4H3,(H,25,26). The zero-order valence-electron chi connectivity index (χ0n) is 17.4. The van der Waals surface area contributed by atoms with E-state index in [2.05, 4.69) is 26.8 Å². The van der Waals surface area contributed by atoms with Crippen LogP contribution in [0.15, 0.2) is 30.7 Å². The van der Waals surface area contributed by atoms with Gasteiger partial charge in [0, 0.05) is 50.6 Å². The number of aryl methyl sites for hydroxylation is 2. The largest absolute Gasteiger partial charge is 0.356 e. The number of piperidine rings is 1. The molecule has 3 aromatic rings. The Kier molecular flexibility index (Phi) is 5.22. The summed E-state index contributed by atoms with van der Waals surface area (Å²) >= 11 is 0. The van der Waals surface area contributed by atoms with E-state index in [1.807, 2.05) is 31.3 Å². The van der Waals surface area contributed by atoms with Crippen molar-refractivity contribution in [3.05, 3.63) is 53.5 Å². The van der Waals surface area contributed by atoms with Gasteiger partial charge in [0.2, 0.25) is 5.95 Å². The van der Waals surface area contributed by atoms with E-state index in [0.29, 0.717) is 17.4 Å². The Hall–Kier alpha value is -2.96. The maximum absolute atomic E-state index is 13.8. The van der Waals surface area contributed by atoms with E-state index in [-0.39, 0.29) is 5.82 Å². The summed E-state index contributed by atoms with van der Waals surface area (Å²) in [5.74, 6) is 1.85. The maximum Gasteiger partial charge on any atom is 0.226 e. The first-order valence-electron chi connectivity index (χ1n) is 9.99. The minimum absolute atomic E-state index is 0.198. The van der Waals surface area contributed by atoms with Crippen LogP contribution in [-0.4, -0.2) is 47.1 Å². The van der Waals surface area contributed by atoms with Gasteiger partial charge in [0.1, 0.15) is 11.6 Å². The summed E-state index contributed by atoms with van der Waals surface area (Å²) in [7, 11) is 3.88. The molecule has 1 saturated heterocycles. The van der Waals surface area contributed by atoms with Crippen molar-refractivity contribution in [1.82, 2.24) is 19.9 Å². The molecule has 1 fully saturated rings. The summed E-state index contributed by atoms with van der Waals surface area (Å²) < 4.78 is 13.8. The van der Waals surface area contributed by atoms with Gasteiger partial charge in [0.25, 0.3) is 0 Å². The van der Waals surface area contributed by atoms with Crippen LogP contribution in [0.25, 0.3) is 11.1 Å². The SMILES string of the molecule is Cc1cc(-c2cnc(N(C)C)nc2N2CCC(c3nc[nH]c3C)CC2)ccc1F. The summed E-state index contributed by atoms with van der Waals surface area (Å²) in [6, 6.07) is 5.19. The van der Waals surface area contributed by atoms with E-state index < -0.39 is 0 Å². The molecule has 152 valence electrons. The van der Waals surface area contributed by atoms with Crippen LogP contribution in [0.1, 0.15) is 35.7 Å². The zero-order chi connectivity index (χ0) is 20.5. The van der Waals surface area contributed by atoms with E-state index in [4.69, 9.17) is 4.98 Å². The van der Waals surface area contributed by atoms with Gasteiger partial charge in [-0.1, -0.05) is 6.07 Å². The number of anilines is 2. The Labute approximate surface area is 170 Å². The zero-order valence-corrected chi connectivity index (χ0v) is 17.4. The average molecular weight is 394 g/mol. The van der Waals surface area contributed by atoms with Crippen LogP contribution in [0.4, 0.5) is 16.2 Å². The van der Waals surface area contributed by atoms with Crippen molar-refractivity contribution >= 4 is 11.8 Å². The van der Waals surface area contributed by atoms with Crippen molar-refractivity contribution in [3.8, 4) is 11.1 Å². The van der Waals surface area contributed by atoms with Crippen LogP contribution in [0, 0.1) is 19.7 Å². The topological polar surface area (TPSA) is 60.9 Å². The molecule has 0 amide bonds. The predicted molar refractivity (Wildman–Crippen MR) is 114 cm³/mol. The van der Waals surface area contributed by atoms with E-state index in [1.54, 1.807) is 19.3 Å². The number of nitrogens with zero attached hydrogens (tertiary/aromatic N) is 5. The number of hydrogen-bond acceptors (Lipinski definition) is 5. The van der Waals surface area contributed by atoms with Crippen molar-refractivity contribution in [1.29, 1.82) is 0 Å². The number of rotatable bonds is 4. The molecule has 1 N–H and O–H groups in total. The first kappa shape index (κ1) is 19.4. The number of aromatic amines is 1. The lowest BCUT2D eigenvalue weighted by molar-refractivity contribution is 0.493. The van der Waals surface area contributed by atoms with Crippen molar-refractivity contribution < 1.29 is 4.39 Å². The van der Waals surface area contributed by atoms with Gasteiger partial charge in [-0.15, -0.1) is 0 Å². The van der Waals surface area contributed by atoms with Gasteiger partial charge >= 0.3 is 0 Å². The highest BCUT2D eigenvalue weighted by Gasteiger charge is 2.26. The Morgan fingerprint density at radius 1 is 1.14 bits per heavy atom. The summed E-state index contributed by atoms with van der Waals surface area (Å²) in [4.78, 5) is 21.3. The van der Waals surface area contributed by atoms with Crippen molar-refractivity contribution in [3.63, 3.8) is 0 Å². The average Bonchev–Trinajstić information content (AvgIpc) is 3.15. The molecule has 0 bridgehead atoms. The van der Waals surface area contributed by atoms with Gasteiger partial charge in [0.05, 0.1) is 12.0 Å². The number of aromatic nitrogens is 4. The first-order valence-corrected chi connectivity index (χ1v) is 9.99. The fourth-order valence-electron chi connectivity index (χ4n) is 3.98. The van der Waals surface area contributed by atoms with Gasteiger partial charge in [-0.05, 0) is 49.9 Å². The smallest absolute Gasteiger partial charge is 0.226 e. The lowest BCUT2D eigenvalue weighted by Crippen LogP contribution is -2.34.